The maximum absolute atomic E-state index is 4.07. The number of nitrogens with one attached hydrogen (secondary N) is 1. The number of pyridine rings is 1. The van der Waals surface area contributed by atoms with E-state index in [-0.39, 0.29) is 0 Å². The van der Waals surface area contributed by atoms with Gasteiger partial charge in [-0.3, -0.25) is 9.88 Å². The molecule has 1 N–H and O–H groups in total. The van der Waals surface area contributed by atoms with Gasteiger partial charge in [-0.2, -0.15) is 0 Å². The summed E-state index contributed by atoms with van der Waals surface area (Å²) in [5.41, 5.74) is 1.36. The molecule has 1 aliphatic heterocycles. The lowest BCUT2D eigenvalue weighted by atomic mass is 9.99. The third-order valence-electron chi connectivity index (χ3n) is 3.67. The van der Waals surface area contributed by atoms with Crippen LogP contribution < -0.4 is 5.32 Å². The fourth-order valence-corrected chi connectivity index (χ4v) is 2.34. The lowest BCUT2D eigenvalue weighted by molar-refractivity contribution is 0.116. The topological polar surface area (TPSA) is 28.2 Å². The first-order valence-electron chi connectivity index (χ1n) is 6.53. The minimum absolute atomic E-state index is 0.609. The molecular weight excluding hydrogens is 210 g/mol. The molecule has 2 atom stereocenters. The molecule has 1 saturated heterocycles. The quantitative estimate of drug-likeness (QED) is 0.864. The molecular formula is C14H23N3. The highest BCUT2D eigenvalue weighted by Gasteiger charge is 2.26. The fourth-order valence-electron chi connectivity index (χ4n) is 2.34. The Bertz CT molecular complexity index is 337. The Morgan fingerprint density at radius 3 is 2.76 bits per heavy atom. The zero-order valence-electron chi connectivity index (χ0n) is 11.1. The van der Waals surface area contributed by atoms with Crippen LogP contribution >= 0.6 is 0 Å². The maximum Gasteiger partial charge on any atom is 0.0271 e. The largest absolute Gasteiger partial charge is 0.311 e. The molecule has 17 heavy (non-hydrogen) atoms. The molecule has 1 aromatic heterocycles. The fraction of sp³-hybridized carbons (Fsp3) is 0.643. The normalized spacial score (nSPS) is 26.4. The summed E-state index contributed by atoms with van der Waals surface area (Å²) >= 11 is 0. The van der Waals surface area contributed by atoms with E-state index < -0.39 is 0 Å². The van der Waals surface area contributed by atoms with E-state index >= 15 is 0 Å². The van der Waals surface area contributed by atoms with Gasteiger partial charge in [-0.15, -0.1) is 0 Å². The van der Waals surface area contributed by atoms with Gasteiger partial charge in [-0.1, -0.05) is 13.8 Å². The van der Waals surface area contributed by atoms with Crippen molar-refractivity contribution in [1.82, 2.24) is 15.2 Å². The molecule has 1 fully saturated rings. The van der Waals surface area contributed by atoms with E-state index in [0.29, 0.717) is 18.0 Å². The van der Waals surface area contributed by atoms with E-state index in [2.05, 4.69) is 48.1 Å². The second-order valence-corrected chi connectivity index (χ2v) is 5.39. The predicted octanol–water partition coefficient (Wildman–Crippen LogP) is 1.90. The van der Waals surface area contributed by atoms with E-state index in [1.54, 1.807) is 0 Å². The van der Waals surface area contributed by atoms with Crippen molar-refractivity contribution in [3.63, 3.8) is 0 Å². The summed E-state index contributed by atoms with van der Waals surface area (Å²) in [6, 6.07) is 5.45. The van der Waals surface area contributed by atoms with Crippen LogP contribution in [0.2, 0.25) is 0 Å². The summed E-state index contributed by atoms with van der Waals surface area (Å²) in [7, 11) is 0. The highest BCUT2D eigenvalue weighted by atomic mass is 15.2. The predicted molar refractivity (Wildman–Crippen MR) is 70.7 cm³/mol. The highest BCUT2D eigenvalue weighted by Crippen LogP contribution is 2.15. The molecule has 0 bridgehead atoms. The molecule has 0 aromatic carbocycles. The van der Waals surface area contributed by atoms with Gasteiger partial charge in [0.1, 0.15) is 0 Å². The van der Waals surface area contributed by atoms with E-state index in [9.17, 15) is 0 Å². The van der Waals surface area contributed by atoms with Crippen LogP contribution in [-0.4, -0.2) is 35.1 Å². The summed E-state index contributed by atoms with van der Waals surface area (Å²) in [5.74, 6) is 0.697. The van der Waals surface area contributed by atoms with Crippen LogP contribution in [0.25, 0.3) is 0 Å². The third kappa shape index (κ3) is 3.27. The van der Waals surface area contributed by atoms with E-state index in [4.69, 9.17) is 0 Å². The lowest BCUT2D eigenvalue weighted by Crippen LogP contribution is -2.56. The smallest absolute Gasteiger partial charge is 0.0271 e. The van der Waals surface area contributed by atoms with Gasteiger partial charge in [-0.25, -0.2) is 0 Å². The standard InChI is InChI=1S/C14H23N3/c1-11(2)14-10-17(12(3)8-16-14)9-13-4-6-15-7-5-13/h4-7,11-12,14,16H,8-10H2,1-3H3. The first kappa shape index (κ1) is 12.5. The first-order chi connectivity index (χ1) is 8.16. The van der Waals surface area contributed by atoms with E-state index in [1.165, 1.54) is 5.56 Å². The van der Waals surface area contributed by atoms with Crippen molar-refractivity contribution in [2.24, 2.45) is 5.92 Å². The molecule has 0 aliphatic carbocycles. The van der Waals surface area contributed by atoms with Gasteiger partial charge in [0.15, 0.2) is 0 Å². The SMILES string of the molecule is CC(C)C1CN(Cc2ccncc2)C(C)CN1. The molecule has 94 valence electrons. The molecule has 0 spiro atoms. The number of hydrogen-bond acceptors (Lipinski definition) is 3. The minimum atomic E-state index is 0.609. The minimum Gasteiger partial charge on any atom is -0.311 e. The van der Waals surface area contributed by atoms with Gasteiger partial charge in [-0.05, 0) is 30.5 Å². The van der Waals surface area contributed by atoms with E-state index in [1.807, 2.05) is 12.4 Å². The Labute approximate surface area is 104 Å². The Morgan fingerprint density at radius 1 is 1.41 bits per heavy atom. The Morgan fingerprint density at radius 2 is 2.12 bits per heavy atom. The number of aromatic nitrogens is 1. The zero-order chi connectivity index (χ0) is 12.3. The first-order valence-corrected chi connectivity index (χ1v) is 6.53. The van der Waals surface area contributed by atoms with Crippen molar-refractivity contribution in [2.75, 3.05) is 13.1 Å². The van der Waals surface area contributed by atoms with Crippen molar-refractivity contribution in [1.29, 1.82) is 0 Å². The monoisotopic (exact) mass is 233 g/mol. The van der Waals surface area contributed by atoms with Crippen molar-refractivity contribution in [2.45, 2.75) is 39.4 Å². The summed E-state index contributed by atoms with van der Waals surface area (Å²) in [4.78, 5) is 6.64. The average molecular weight is 233 g/mol. The second-order valence-electron chi connectivity index (χ2n) is 5.39. The van der Waals surface area contributed by atoms with Crippen molar-refractivity contribution in [3.05, 3.63) is 30.1 Å². The molecule has 1 aromatic rings. The summed E-state index contributed by atoms with van der Waals surface area (Å²) in [6.07, 6.45) is 3.75. The zero-order valence-corrected chi connectivity index (χ0v) is 11.1. The number of piperazine rings is 1. The van der Waals surface area contributed by atoms with Gasteiger partial charge < -0.3 is 5.32 Å². The molecule has 0 saturated carbocycles. The van der Waals surface area contributed by atoms with Gasteiger partial charge >= 0.3 is 0 Å². The molecule has 3 heteroatoms. The molecule has 2 heterocycles. The molecule has 0 radical (unpaired) electrons. The van der Waals surface area contributed by atoms with Crippen LogP contribution in [-0.2, 0) is 6.54 Å². The van der Waals surface area contributed by atoms with Crippen LogP contribution in [0.1, 0.15) is 26.3 Å². The third-order valence-corrected chi connectivity index (χ3v) is 3.67. The molecule has 3 nitrogen and oxygen atoms in total. The Kier molecular flexibility index (Phi) is 4.13. The van der Waals surface area contributed by atoms with Gasteiger partial charge in [0, 0.05) is 44.1 Å². The highest BCUT2D eigenvalue weighted by molar-refractivity contribution is 5.10. The van der Waals surface area contributed by atoms with Crippen LogP contribution in [0.5, 0.6) is 0 Å². The molecule has 2 rings (SSSR count). The molecule has 2 unspecified atom stereocenters. The van der Waals surface area contributed by atoms with Crippen molar-refractivity contribution < 1.29 is 0 Å². The van der Waals surface area contributed by atoms with Crippen molar-refractivity contribution >= 4 is 0 Å². The summed E-state index contributed by atoms with van der Waals surface area (Å²) in [5, 5.41) is 3.63. The van der Waals surface area contributed by atoms with Gasteiger partial charge in [0.25, 0.3) is 0 Å². The lowest BCUT2D eigenvalue weighted by Gasteiger charge is -2.40. The van der Waals surface area contributed by atoms with Gasteiger partial charge in [0.05, 0.1) is 0 Å². The molecule has 1 aliphatic rings. The van der Waals surface area contributed by atoms with Crippen LogP contribution in [0, 0.1) is 5.92 Å². The summed E-state index contributed by atoms with van der Waals surface area (Å²) < 4.78 is 0. The second kappa shape index (κ2) is 5.61. The Hall–Kier alpha value is -0.930. The van der Waals surface area contributed by atoms with E-state index in [0.717, 1.165) is 19.6 Å². The average Bonchev–Trinajstić information content (AvgIpc) is 2.33. The van der Waals surface area contributed by atoms with Crippen LogP contribution in [0.4, 0.5) is 0 Å². The summed E-state index contributed by atoms with van der Waals surface area (Å²) in [6.45, 7) is 10.1. The van der Waals surface area contributed by atoms with Crippen LogP contribution in [0.15, 0.2) is 24.5 Å². The molecule has 0 amide bonds. The maximum atomic E-state index is 4.07. The van der Waals surface area contributed by atoms with Crippen molar-refractivity contribution in [3.8, 4) is 0 Å². The Balaban J connectivity index is 1.99. The number of rotatable bonds is 3. The van der Waals surface area contributed by atoms with Crippen LogP contribution in [0.3, 0.4) is 0 Å². The number of nitrogens with zero attached hydrogens (tertiary/aromatic N) is 2. The number of hydrogen-bond donors (Lipinski definition) is 1. The van der Waals surface area contributed by atoms with Gasteiger partial charge in [0.2, 0.25) is 0 Å².